The Kier molecular flexibility index (Phi) is 5.02. The van der Waals surface area contributed by atoms with Crippen molar-refractivity contribution < 1.29 is 18.3 Å². The van der Waals surface area contributed by atoms with Crippen molar-refractivity contribution in [1.29, 1.82) is 0 Å². The van der Waals surface area contributed by atoms with Gasteiger partial charge in [-0.25, -0.2) is 13.2 Å². The minimum atomic E-state index is -3.79. The summed E-state index contributed by atoms with van der Waals surface area (Å²) in [6.07, 6.45) is 0. The number of carboxylic acids is 1. The van der Waals surface area contributed by atoms with Crippen molar-refractivity contribution in [2.24, 2.45) is 0 Å². The molecule has 1 aromatic carbocycles. The summed E-state index contributed by atoms with van der Waals surface area (Å²) in [5, 5.41) is 8.33. The van der Waals surface area contributed by atoms with Crippen LogP contribution >= 0.6 is 34.8 Å². The Morgan fingerprint density at radius 3 is 2.10 bits per heavy atom. The monoisotopic (exact) mass is 358 g/mol. The fourth-order valence-corrected chi connectivity index (χ4v) is 3.93. The molecule has 0 aliphatic rings. The highest BCUT2D eigenvalue weighted by molar-refractivity contribution is 7.92. The van der Waals surface area contributed by atoms with Crippen molar-refractivity contribution in [3.8, 4) is 0 Å². The second kappa shape index (κ2) is 5.72. The van der Waals surface area contributed by atoms with Crippen molar-refractivity contribution in [3.63, 3.8) is 0 Å². The van der Waals surface area contributed by atoms with Crippen LogP contribution in [0.15, 0.2) is 17.0 Å². The van der Waals surface area contributed by atoms with Gasteiger partial charge in [-0.1, -0.05) is 40.9 Å². The summed E-state index contributed by atoms with van der Waals surface area (Å²) in [7, 11) is -3.79. The Morgan fingerprint density at radius 1 is 1.25 bits per heavy atom. The van der Waals surface area contributed by atoms with Gasteiger partial charge < -0.3 is 5.11 Å². The van der Waals surface area contributed by atoms with Crippen LogP contribution in [0.25, 0.3) is 0 Å². The summed E-state index contributed by atoms with van der Waals surface area (Å²) in [4.78, 5) is 10.9. The zero-order valence-corrected chi connectivity index (χ0v) is 14.0. The molecule has 0 aliphatic carbocycles. The zero-order valence-electron chi connectivity index (χ0n) is 10.9. The van der Waals surface area contributed by atoms with E-state index in [1.165, 1.54) is 32.9 Å². The molecule has 8 heteroatoms. The maximum absolute atomic E-state index is 12.4. The van der Waals surface area contributed by atoms with Gasteiger partial charge >= 0.3 is 5.97 Å². The van der Waals surface area contributed by atoms with Gasteiger partial charge in [0.15, 0.2) is 9.84 Å². The predicted molar refractivity (Wildman–Crippen MR) is 79.7 cm³/mol. The van der Waals surface area contributed by atoms with E-state index in [9.17, 15) is 13.2 Å². The Hall–Kier alpha value is -0.490. The van der Waals surface area contributed by atoms with E-state index in [0.717, 1.165) is 0 Å². The molecule has 0 bridgehead atoms. The Morgan fingerprint density at radius 2 is 1.75 bits per heavy atom. The highest BCUT2D eigenvalue weighted by Crippen LogP contribution is 2.43. The third-order valence-electron chi connectivity index (χ3n) is 2.85. The number of sulfone groups is 1. The van der Waals surface area contributed by atoms with Gasteiger partial charge in [0.25, 0.3) is 0 Å². The van der Waals surface area contributed by atoms with Crippen LogP contribution in [0, 0.1) is 6.92 Å². The Bertz CT molecular complexity index is 645. The van der Waals surface area contributed by atoms with Crippen LogP contribution in [0.4, 0.5) is 0 Å². The van der Waals surface area contributed by atoms with Crippen molar-refractivity contribution in [1.82, 2.24) is 0 Å². The molecule has 0 saturated carbocycles. The molecule has 1 N–H and O–H groups in total. The van der Waals surface area contributed by atoms with Gasteiger partial charge in [0.05, 0.1) is 15.7 Å². The Balaban J connectivity index is 3.86. The number of hydrogen-bond acceptors (Lipinski definition) is 3. The van der Waals surface area contributed by atoms with E-state index in [2.05, 4.69) is 0 Å². The van der Waals surface area contributed by atoms with Crippen LogP contribution < -0.4 is 0 Å². The van der Waals surface area contributed by atoms with Crippen LogP contribution in [0.2, 0.25) is 0 Å². The van der Waals surface area contributed by atoms with E-state index in [-0.39, 0.29) is 21.6 Å². The summed E-state index contributed by atoms with van der Waals surface area (Å²) < 4.78 is 22.9. The first-order valence-electron chi connectivity index (χ1n) is 5.58. The molecular weight excluding hydrogens is 347 g/mol. The highest BCUT2D eigenvalue weighted by Gasteiger charge is 2.35. The highest BCUT2D eigenvalue weighted by atomic mass is 35.6. The maximum atomic E-state index is 12.4. The van der Waals surface area contributed by atoms with Crippen LogP contribution in [-0.2, 0) is 13.6 Å². The molecule has 4 nitrogen and oxygen atoms in total. The molecule has 112 valence electrons. The molecule has 0 fully saturated rings. The number of rotatable bonds is 3. The fraction of sp³-hybridized carbons (Fsp3) is 0.417. The van der Waals surface area contributed by atoms with Gasteiger partial charge in [-0.3, -0.25) is 0 Å². The minimum Gasteiger partial charge on any atom is -0.478 e. The first-order valence-corrected chi connectivity index (χ1v) is 8.26. The van der Waals surface area contributed by atoms with Gasteiger partial charge in [0.1, 0.15) is 0 Å². The van der Waals surface area contributed by atoms with Crippen molar-refractivity contribution in [2.45, 2.75) is 34.7 Å². The van der Waals surface area contributed by atoms with Gasteiger partial charge in [-0.15, -0.1) is 0 Å². The molecule has 0 aliphatic heterocycles. The maximum Gasteiger partial charge on any atom is 0.335 e. The van der Waals surface area contributed by atoms with E-state index in [0.29, 0.717) is 0 Å². The number of benzene rings is 1. The first kappa shape index (κ1) is 17.6. The second-order valence-electron chi connectivity index (χ2n) is 4.51. The largest absolute Gasteiger partial charge is 0.478 e. The molecule has 1 aromatic rings. The van der Waals surface area contributed by atoms with E-state index in [1.807, 2.05) is 0 Å². The van der Waals surface area contributed by atoms with E-state index in [4.69, 9.17) is 39.9 Å². The molecule has 0 spiro atoms. The smallest absolute Gasteiger partial charge is 0.335 e. The molecule has 0 unspecified atom stereocenters. The molecule has 1 rings (SSSR count). The van der Waals surface area contributed by atoms with Gasteiger partial charge in [0, 0.05) is 5.56 Å². The number of carbonyl (C=O) groups is 1. The van der Waals surface area contributed by atoms with Crippen LogP contribution in [0.3, 0.4) is 0 Å². The average molecular weight is 360 g/mol. The topological polar surface area (TPSA) is 71.4 Å². The predicted octanol–water partition coefficient (Wildman–Crippen LogP) is 3.70. The third kappa shape index (κ3) is 3.22. The normalized spacial score (nSPS) is 12.8. The molecule has 0 amide bonds. The lowest BCUT2D eigenvalue weighted by atomic mass is 10.1. The quantitative estimate of drug-likeness (QED) is 0.835. The average Bonchev–Trinajstić information content (AvgIpc) is 2.25. The van der Waals surface area contributed by atoms with Crippen LogP contribution in [0.5, 0.6) is 0 Å². The molecule has 0 aromatic heterocycles. The molecule has 20 heavy (non-hydrogen) atoms. The summed E-state index contributed by atoms with van der Waals surface area (Å²) in [5.41, 5.74) is -0.115. The Labute approximate surface area is 132 Å². The minimum absolute atomic E-state index is 0.0429. The lowest BCUT2D eigenvalue weighted by molar-refractivity contribution is 0.0695. The number of halogens is 3. The zero-order chi connectivity index (χ0) is 15.9. The molecule has 0 heterocycles. The summed E-state index contributed by atoms with van der Waals surface area (Å²) in [6.45, 7) is 4.34. The number of carboxylic acid groups (broad SMARTS) is 1. The summed E-state index contributed by atoms with van der Waals surface area (Å²) in [5.74, 6) is -1.24. The van der Waals surface area contributed by atoms with E-state index >= 15 is 0 Å². The second-order valence-corrected chi connectivity index (χ2v) is 9.23. The molecule has 0 saturated heterocycles. The lowest BCUT2D eigenvalue weighted by Gasteiger charge is -2.21. The van der Waals surface area contributed by atoms with Crippen molar-refractivity contribution in [2.75, 3.05) is 0 Å². The number of hydrogen-bond donors (Lipinski definition) is 1. The van der Waals surface area contributed by atoms with Gasteiger partial charge in [-0.05, 0) is 32.4 Å². The van der Waals surface area contributed by atoms with Crippen LogP contribution in [-0.4, -0.2) is 24.7 Å². The van der Waals surface area contributed by atoms with Gasteiger partial charge in [-0.2, -0.15) is 0 Å². The first-order chi connectivity index (χ1) is 8.90. The van der Waals surface area contributed by atoms with Crippen LogP contribution in [0.1, 0.15) is 35.3 Å². The third-order valence-corrected chi connectivity index (χ3v) is 5.79. The van der Waals surface area contributed by atoms with Crippen molar-refractivity contribution >= 4 is 50.6 Å². The van der Waals surface area contributed by atoms with E-state index < -0.39 is 24.8 Å². The standard InChI is InChI=1S/C12H13Cl3O4S/c1-6(2)20(18,19)10-7(3)8(11(16)17)4-5-9(10)12(13,14)15/h4-6H,1-3H3,(H,16,17). The summed E-state index contributed by atoms with van der Waals surface area (Å²) in [6, 6.07) is 2.45. The molecule has 0 radical (unpaired) electrons. The number of aromatic carboxylic acids is 1. The van der Waals surface area contributed by atoms with E-state index in [1.54, 1.807) is 0 Å². The number of alkyl halides is 3. The summed E-state index contributed by atoms with van der Waals surface area (Å²) >= 11 is 17.4. The fourth-order valence-electron chi connectivity index (χ4n) is 1.75. The van der Waals surface area contributed by atoms with Gasteiger partial charge in [0.2, 0.25) is 3.79 Å². The molecule has 0 atom stereocenters. The lowest BCUT2D eigenvalue weighted by Crippen LogP contribution is -2.21. The molecular formula is C12H13Cl3O4S. The SMILES string of the molecule is Cc1c(C(=O)O)ccc(C(Cl)(Cl)Cl)c1S(=O)(=O)C(C)C. The van der Waals surface area contributed by atoms with Crippen molar-refractivity contribution in [3.05, 3.63) is 28.8 Å².